The van der Waals surface area contributed by atoms with E-state index >= 15 is 0 Å². The second-order valence-corrected chi connectivity index (χ2v) is 1.67. The maximum atomic E-state index is 5.29. The molecule has 0 aliphatic heterocycles. The van der Waals surface area contributed by atoms with E-state index in [4.69, 9.17) is 11.6 Å². The summed E-state index contributed by atoms with van der Waals surface area (Å²) in [4.78, 5) is 0. The largest absolute Gasteiger partial charge is 0.180 e. The van der Waals surface area contributed by atoms with Gasteiger partial charge >= 0.3 is 0 Å². The molecule has 0 spiro atoms. The zero-order chi connectivity index (χ0) is 4.41. The Labute approximate surface area is 44.1 Å². The highest BCUT2D eigenvalue weighted by Crippen LogP contribution is 2.00. The molecule has 1 heterocycles. The first-order valence-corrected chi connectivity index (χ1v) is 2.43. The normalized spacial score (nSPS) is 8.83. The number of nitrogens with zero attached hydrogens (tertiary/aromatic N) is 2. The first-order valence-electron chi connectivity index (χ1n) is 1.32. The summed E-state index contributed by atoms with van der Waals surface area (Å²) in [6.07, 6.45) is 1.51. The van der Waals surface area contributed by atoms with Crippen LogP contribution >= 0.6 is 23.3 Å². The van der Waals surface area contributed by atoms with E-state index < -0.39 is 0 Å². The van der Waals surface area contributed by atoms with Gasteiger partial charge in [-0.15, -0.1) is 0 Å². The van der Waals surface area contributed by atoms with E-state index in [0.29, 0.717) is 5.15 Å². The molecule has 1 rings (SSSR count). The summed E-state index contributed by atoms with van der Waals surface area (Å²) in [5.74, 6) is 0. The minimum atomic E-state index is 0.472. The van der Waals surface area contributed by atoms with Crippen LogP contribution in [-0.4, -0.2) is 8.75 Å². The minimum absolute atomic E-state index is 0.472. The molecule has 0 atom stereocenters. The Morgan fingerprint density at radius 1 is 1.83 bits per heavy atom. The Bertz CT molecular complexity index is 115. The molecule has 0 bridgehead atoms. The molecule has 32 valence electrons. The van der Waals surface area contributed by atoms with Crippen molar-refractivity contribution in [3.8, 4) is 0 Å². The Hall–Kier alpha value is -0.150. The summed E-state index contributed by atoms with van der Waals surface area (Å²) in [5.41, 5.74) is 0. The van der Waals surface area contributed by atoms with E-state index in [0.717, 1.165) is 11.7 Å². The Balaban J connectivity index is 3.05. The maximum absolute atomic E-state index is 5.29. The van der Waals surface area contributed by atoms with Crippen LogP contribution in [0.3, 0.4) is 0 Å². The van der Waals surface area contributed by atoms with Gasteiger partial charge in [-0.05, 0) is 0 Å². The van der Waals surface area contributed by atoms with Crippen molar-refractivity contribution in [3.05, 3.63) is 11.3 Å². The molecule has 0 amide bonds. The summed E-state index contributed by atoms with van der Waals surface area (Å²) in [6, 6.07) is 0. The van der Waals surface area contributed by atoms with Gasteiger partial charge in [0.2, 0.25) is 0 Å². The molecular formula is C2HClN2S. The van der Waals surface area contributed by atoms with Gasteiger partial charge in [0, 0.05) is 0 Å². The van der Waals surface area contributed by atoms with Crippen molar-refractivity contribution < 1.29 is 0 Å². The Morgan fingerprint density at radius 3 is 2.83 bits per heavy atom. The molecule has 1 aromatic rings. The lowest BCUT2D eigenvalue weighted by molar-refractivity contribution is 1.53. The molecule has 0 unspecified atom stereocenters. The SMILES string of the molecule is Clc1cnsn1. The predicted octanol–water partition coefficient (Wildman–Crippen LogP) is 1.19. The van der Waals surface area contributed by atoms with Gasteiger partial charge in [0.15, 0.2) is 5.15 Å². The van der Waals surface area contributed by atoms with E-state index in [9.17, 15) is 0 Å². The smallest absolute Gasteiger partial charge is 0.162 e. The molecule has 0 radical (unpaired) electrons. The van der Waals surface area contributed by atoms with Crippen molar-refractivity contribution in [1.29, 1.82) is 0 Å². The van der Waals surface area contributed by atoms with Crippen molar-refractivity contribution >= 4 is 23.3 Å². The first kappa shape index (κ1) is 4.02. The summed E-state index contributed by atoms with van der Waals surface area (Å²) in [5, 5.41) is 0.472. The molecule has 1 aromatic heterocycles. The molecule has 4 heteroatoms. The minimum Gasteiger partial charge on any atom is -0.180 e. The average molecular weight is 121 g/mol. The van der Waals surface area contributed by atoms with Gasteiger partial charge in [-0.1, -0.05) is 11.6 Å². The fourth-order valence-electron chi connectivity index (χ4n) is 0.153. The molecule has 0 N–H and O–H groups in total. The van der Waals surface area contributed by atoms with Crippen LogP contribution in [0.4, 0.5) is 0 Å². The lowest BCUT2D eigenvalue weighted by Crippen LogP contribution is -1.47. The van der Waals surface area contributed by atoms with Gasteiger partial charge < -0.3 is 0 Å². The lowest BCUT2D eigenvalue weighted by Gasteiger charge is -1.57. The van der Waals surface area contributed by atoms with Crippen LogP contribution < -0.4 is 0 Å². The molecule has 0 saturated carbocycles. The van der Waals surface area contributed by atoms with E-state index in [-0.39, 0.29) is 0 Å². The fraction of sp³-hybridized carbons (Fsp3) is 0. The highest BCUT2D eigenvalue weighted by Gasteiger charge is 1.81. The van der Waals surface area contributed by atoms with Crippen LogP contribution in [0.2, 0.25) is 5.15 Å². The van der Waals surface area contributed by atoms with Crippen molar-refractivity contribution in [2.75, 3.05) is 0 Å². The van der Waals surface area contributed by atoms with E-state index in [1.807, 2.05) is 0 Å². The lowest BCUT2D eigenvalue weighted by atomic mass is 11.0. The topological polar surface area (TPSA) is 25.8 Å². The average Bonchev–Trinajstić information content (AvgIpc) is 1.86. The molecule has 6 heavy (non-hydrogen) atoms. The summed E-state index contributed by atoms with van der Waals surface area (Å²) < 4.78 is 7.23. The molecule has 0 aliphatic rings. The van der Waals surface area contributed by atoms with Crippen LogP contribution in [0.25, 0.3) is 0 Å². The Kier molecular flexibility index (Phi) is 1.03. The van der Waals surface area contributed by atoms with Crippen molar-refractivity contribution in [2.45, 2.75) is 0 Å². The van der Waals surface area contributed by atoms with Crippen molar-refractivity contribution in [1.82, 2.24) is 8.75 Å². The standard InChI is InChI=1S/C2HClN2S/c3-2-1-4-6-5-2/h1H. The third-order valence-electron chi connectivity index (χ3n) is 0.334. The second-order valence-electron chi connectivity index (χ2n) is 0.730. The van der Waals surface area contributed by atoms with Crippen LogP contribution in [0.5, 0.6) is 0 Å². The van der Waals surface area contributed by atoms with E-state index in [2.05, 4.69) is 8.75 Å². The van der Waals surface area contributed by atoms with Crippen LogP contribution in [-0.2, 0) is 0 Å². The summed E-state index contributed by atoms with van der Waals surface area (Å²) in [6.45, 7) is 0. The third kappa shape index (κ3) is 0.666. The summed E-state index contributed by atoms with van der Waals surface area (Å²) in [7, 11) is 0. The van der Waals surface area contributed by atoms with Gasteiger partial charge in [-0.3, -0.25) is 0 Å². The van der Waals surface area contributed by atoms with Crippen LogP contribution in [0.1, 0.15) is 0 Å². The number of aromatic nitrogens is 2. The first-order chi connectivity index (χ1) is 2.89. The van der Waals surface area contributed by atoms with Crippen molar-refractivity contribution in [2.24, 2.45) is 0 Å². The molecule has 0 fully saturated rings. The van der Waals surface area contributed by atoms with Gasteiger partial charge in [-0.25, -0.2) is 0 Å². The third-order valence-corrected chi connectivity index (χ3v) is 1.09. The second kappa shape index (κ2) is 1.53. The van der Waals surface area contributed by atoms with Crippen LogP contribution in [0, 0.1) is 0 Å². The van der Waals surface area contributed by atoms with E-state index in [1.165, 1.54) is 6.20 Å². The van der Waals surface area contributed by atoms with Gasteiger partial charge in [0.05, 0.1) is 17.9 Å². The summed E-state index contributed by atoms with van der Waals surface area (Å²) >= 11 is 6.40. The number of hydrogen-bond donors (Lipinski definition) is 0. The highest BCUT2D eigenvalue weighted by atomic mass is 35.5. The highest BCUT2D eigenvalue weighted by molar-refractivity contribution is 6.99. The molecule has 0 aliphatic carbocycles. The fourth-order valence-corrected chi connectivity index (χ4v) is 0.672. The number of hydrogen-bond acceptors (Lipinski definition) is 3. The van der Waals surface area contributed by atoms with Gasteiger partial charge in [-0.2, -0.15) is 8.75 Å². The van der Waals surface area contributed by atoms with Crippen LogP contribution in [0.15, 0.2) is 6.20 Å². The maximum Gasteiger partial charge on any atom is 0.162 e. The Morgan fingerprint density at radius 2 is 2.67 bits per heavy atom. The van der Waals surface area contributed by atoms with Gasteiger partial charge in [0.1, 0.15) is 0 Å². The molecule has 2 nitrogen and oxygen atoms in total. The molecule has 0 aromatic carbocycles. The van der Waals surface area contributed by atoms with Gasteiger partial charge in [0.25, 0.3) is 0 Å². The zero-order valence-corrected chi connectivity index (χ0v) is 4.33. The molecule has 0 saturated heterocycles. The number of halogens is 1. The number of rotatable bonds is 0. The zero-order valence-electron chi connectivity index (χ0n) is 2.76. The van der Waals surface area contributed by atoms with E-state index in [1.54, 1.807) is 0 Å². The quantitative estimate of drug-likeness (QED) is 0.514. The van der Waals surface area contributed by atoms with Crippen molar-refractivity contribution in [3.63, 3.8) is 0 Å². The predicted molar refractivity (Wildman–Crippen MR) is 24.9 cm³/mol. The molecular weight excluding hydrogens is 120 g/mol. The monoisotopic (exact) mass is 120 g/mol.